The number of amides is 2. The van der Waals surface area contributed by atoms with Crippen molar-refractivity contribution < 1.29 is 9.53 Å². The first-order valence-electron chi connectivity index (χ1n) is 5.51. The van der Waals surface area contributed by atoms with Gasteiger partial charge in [0.2, 0.25) is 0 Å². The van der Waals surface area contributed by atoms with Crippen LogP contribution in [-0.4, -0.2) is 18.1 Å². The van der Waals surface area contributed by atoms with Crippen molar-refractivity contribution in [2.24, 2.45) is 0 Å². The Morgan fingerprint density at radius 1 is 1.26 bits per heavy atom. The van der Waals surface area contributed by atoms with Crippen LogP contribution in [0.25, 0.3) is 0 Å². The van der Waals surface area contributed by atoms with Crippen molar-refractivity contribution in [1.82, 2.24) is 4.98 Å². The first kappa shape index (κ1) is 13.2. The molecule has 0 bridgehead atoms. The molecular weight excluding hydrogens is 266 g/mol. The van der Waals surface area contributed by atoms with Crippen LogP contribution < -0.4 is 15.4 Å². The minimum Gasteiger partial charge on any atom is -0.495 e. The summed E-state index contributed by atoms with van der Waals surface area (Å²) in [6.45, 7) is 0. The Labute approximate surface area is 115 Å². The number of aromatic nitrogens is 1. The summed E-state index contributed by atoms with van der Waals surface area (Å²) in [4.78, 5) is 15.7. The lowest BCUT2D eigenvalue weighted by atomic mass is 10.3. The number of hydrogen-bond acceptors (Lipinski definition) is 3. The van der Waals surface area contributed by atoms with Crippen molar-refractivity contribution in [3.05, 3.63) is 47.7 Å². The number of hydrogen-bond donors (Lipinski definition) is 2. The summed E-state index contributed by atoms with van der Waals surface area (Å²) in [6, 6.07) is 9.96. The van der Waals surface area contributed by atoms with Crippen molar-refractivity contribution >= 4 is 29.0 Å². The first-order chi connectivity index (χ1) is 9.19. The van der Waals surface area contributed by atoms with Gasteiger partial charge in [0.25, 0.3) is 0 Å². The van der Waals surface area contributed by atoms with Crippen molar-refractivity contribution in [3.63, 3.8) is 0 Å². The van der Waals surface area contributed by atoms with Crippen LogP contribution in [0.1, 0.15) is 0 Å². The fourth-order valence-corrected chi connectivity index (χ4v) is 1.69. The Kier molecular flexibility index (Phi) is 4.20. The van der Waals surface area contributed by atoms with Gasteiger partial charge in [-0.2, -0.15) is 0 Å². The molecule has 2 aromatic rings. The molecule has 1 heterocycles. The van der Waals surface area contributed by atoms with Crippen molar-refractivity contribution in [2.75, 3.05) is 17.7 Å². The van der Waals surface area contributed by atoms with Gasteiger partial charge in [0, 0.05) is 11.9 Å². The van der Waals surface area contributed by atoms with E-state index in [9.17, 15) is 4.79 Å². The van der Waals surface area contributed by atoms with E-state index in [-0.39, 0.29) is 6.03 Å². The van der Waals surface area contributed by atoms with E-state index in [4.69, 9.17) is 16.3 Å². The molecule has 98 valence electrons. The molecule has 0 saturated heterocycles. The molecule has 0 fully saturated rings. The zero-order valence-electron chi connectivity index (χ0n) is 10.2. The van der Waals surface area contributed by atoms with Crippen LogP contribution in [0.5, 0.6) is 5.75 Å². The van der Waals surface area contributed by atoms with Gasteiger partial charge in [0.05, 0.1) is 12.8 Å². The number of nitrogens with zero attached hydrogens (tertiary/aromatic N) is 1. The largest absolute Gasteiger partial charge is 0.495 e. The molecule has 0 spiro atoms. The molecule has 5 nitrogen and oxygen atoms in total. The number of carbonyl (C=O) groups is 1. The number of urea groups is 1. The standard InChI is InChI=1S/C13H12ClN3O2/c1-19-11-5-3-2-4-10(11)17-13(18)16-9-6-7-15-12(14)8-9/h2-8H,1H3,(H2,15,16,17,18). The molecule has 0 aliphatic carbocycles. The molecule has 2 amide bonds. The highest BCUT2D eigenvalue weighted by Gasteiger charge is 2.07. The van der Waals surface area contributed by atoms with Crippen LogP contribution >= 0.6 is 11.6 Å². The van der Waals surface area contributed by atoms with Gasteiger partial charge in [-0.15, -0.1) is 0 Å². The van der Waals surface area contributed by atoms with E-state index in [1.165, 1.54) is 6.20 Å². The number of ether oxygens (including phenoxy) is 1. The van der Waals surface area contributed by atoms with Crippen LogP contribution in [0.3, 0.4) is 0 Å². The lowest BCUT2D eigenvalue weighted by Gasteiger charge is -2.10. The highest BCUT2D eigenvalue weighted by atomic mass is 35.5. The van der Waals surface area contributed by atoms with Crippen LogP contribution in [0, 0.1) is 0 Å². The summed E-state index contributed by atoms with van der Waals surface area (Å²) < 4.78 is 5.14. The summed E-state index contributed by atoms with van der Waals surface area (Å²) in [5.41, 5.74) is 1.15. The quantitative estimate of drug-likeness (QED) is 0.845. The molecule has 0 unspecified atom stereocenters. The lowest BCUT2D eigenvalue weighted by Crippen LogP contribution is -2.19. The van der Waals surface area contributed by atoms with Crippen molar-refractivity contribution in [3.8, 4) is 5.75 Å². The van der Waals surface area contributed by atoms with Gasteiger partial charge in [-0.05, 0) is 24.3 Å². The Hall–Kier alpha value is -2.27. The predicted octanol–water partition coefficient (Wildman–Crippen LogP) is 3.39. The van der Waals surface area contributed by atoms with Crippen LogP contribution in [0.2, 0.25) is 5.15 Å². The molecule has 1 aromatic carbocycles. The SMILES string of the molecule is COc1ccccc1NC(=O)Nc1ccnc(Cl)c1. The molecule has 6 heteroatoms. The molecule has 2 rings (SSSR count). The second-order valence-electron chi connectivity index (χ2n) is 3.65. The number of anilines is 2. The normalized spacial score (nSPS) is 9.79. The van der Waals surface area contributed by atoms with Gasteiger partial charge in [-0.3, -0.25) is 0 Å². The van der Waals surface area contributed by atoms with E-state index >= 15 is 0 Å². The molecule has 0 radical (unpaired) electrons. The van der Waals surface area contributed by atoms with Crippen LogP contribution in [0.15, 0.2) is 42.6 Å². The third-order valence-electron chi connectivity index (χ3n) is 2.34. The van der Waals surface area contributed by atoms with Gasteiger partial charge in [-0.1, -0.05) is 23.7 Å². The Morgan fingerprint density at radius 2 is 2.05 bits per heavy atom. The topological polar surface area (TPSA) is 63.2 Å². The minimum absolute atomic E-state index is 0.315. The van der Waals surface area contributed by atoms with E-state index in [0.717, 1.165) is 0 Å². The molecule has 19 heavy (non-hydrogen) atoms. The summed E-state index contributed by atoms with van der Waals surface area (Å²) in [7, 11) is 1.54. The first-order valence-corrected chi connectivity index (χ1v) is 5.89. The number of methoxy groups -OCH3 is 1. The Balaban J connectivity index is 2.05. The van der Waals surface area contributed by atoms with Gasteiger partial charge in [0.15, 0.2) is 0 Å². The van der Waals surface area contributed by atoms with Crippen molar-refractivity contribution in [2.45, 2.75) is 0 Å². The fraction of sp³-hybridized carbons (Fsp3) is 0.0769. The second kappa shape index (κ2) is 6.06. The maximum atomic E-state index is 11.8. The molecular formula is C13H12ClN3O2. The molecule has 0 aliphatic rings. The summed E-state index contributed by atoms with van der Waals surface area (Å²) in [6.07, 6.45) is 1.51. The van der Waals surface area contributed by atoms with E-state index < -0.39 is 0 Å². The molecule has 0 atom stereocenters. The number of halogens is 1. The Morgan fingerprint density at radius 3 is 2.79 bits per heavy atom. The zero-order valence-corrected chi connectivity index (χ0v) is 10.9. The average molecular weight is 278 g/mol. The molecule has 2 N–H and O–H groups in total. The van der Waals surface area contributed by atoms with E-state index in [2.05, 4.69) is 15.6 Å². The van der Waals surface area contributed by atoms with Gasteiger partial charge in [0.1, 0.15) is 10.9 Å². The van der Waals surface area contributed by atoms with Gasteiger partial charge >= 0.3 is 6.03 Å². The van der Waals surface area contributed by atoms with Crippen LogP contribution in [-0.2, 0) is 0 Å². The monoisotopic (exact) mass is 277 g/mol. The number of carbonyl (C=O) groups excluding carboxylic acids is 1. The lowest BCUT2D eigenvalue weighted by molar-refractivity contribution is 0.262. The average Bonchev–Trinajstić information content (AvgIpc) is 2.39. The highest BCUT2D eigenvalue weighted by molar-refractivity contribution is 6.29. The molecule has 0 aliphatic heterocycles. The number of rotatable bonds is 3. The summed E-state index contributed by atoms with van der Waals surface area (Å²) >= 11 is 5.73. The third-order valence-corrected chi connectivity index (χ3v) is 2.55. The number of pyridine rings is 1. The Bertz CT molecular complexity index is 590. The van der Waals surface area contributed by atoms with Crippen LogP contribution in [0.4, 0.5) is 16.2 Å². The summed E-state index contributed by atoms with van der Waals surface area (Å²) in [5.74, 6) is 0.588. The summed E-state index contributed by atoms with van der Waals surface area (Å²) in [5, 5.41) is 5.66. The van der Waals surface area contributed by atoms with E-state index in [1.54, 1.807) is 37.4 Å². The minimum atomic E-state index is -0.383. The van der Waals surface area contributed by atoms with Gasteiger partial charge < -0.3 is 15.4 Å². The third kappa shape index (κ3) is 3.59. The van der Waals surface area contributed by atoms with Gasteiger partial charge in [-0.25, -0.2) is 9.78 Å². The molecule has 1 aromatic heterocycles. The maximum absolute atomic E-state index is 11.8. The number of para-hydroxylation sites is 2. The predicted molar refractivity (Wildman–Crippen MR) is 74.9 cm³/mol. The number of nitrogens with one attached hydrogen (secondary N) is 2. The number of benzene rings is 1. The zero-order chi connectivity index (χ0) is 13.7. The molecule has 0 saturated carbocycles. The van der Waals surface area contributed by atoms with Crippen molar-refractivity contribution in [1.29, 1.82) is 0 Å². The van der Waals surface area contributed by atoms with E-state index in [1.807, 2.05) is 6.07 Å². The second-order valence-corrected chi connectivity index (χ2v) is 4.03. The maximum Gasteiger partial charge on any atom is 0.323 e. The van der Waals surface area contributed by atoms with E-state index in [0.29, 0.717) is 22.3 Å². The smallest absolute Gasteiger partial charge is 0.323 e. The fourth-order valence-electron chi connectivity index (χ4n) is 1.51. The highest BCUT2D eigenvalue weighted by Crippen LogP contribution is 2.23.